The second kappa shape index (κ2) is 11.6. The summed E-state index contributed by atoms with van der Waals surface area (Å²) in [6.07, 6.45) is 6.30. The van der Waals surface area contributed by atoms with E-state index in [1.165, 1.54) is 18.9 Å². The maximum Gasteiger partial charge on any atom is 0.300 e. The molecular weight excluding hydrogens is 490 g/mol. The van der Waals surface area contributed by atoms with E-state index in [-0.39, 0.29) is 23.0 Å². The van der Waals surface area contributed by atoms with Gasteiger partial charge in [0.15, 0.2) is 11.2 Å². The standard InChI is InChI=1S/C26H33N7O5/c1-17(15-28-19-8-9-21(33(35)36)24-23(19)30-38-31-24)5-4-12-27-26(34)25-20(32-13-2-3-14-32)10-11-22(29-25)37-16-18-6-7-18/h8-11,17-18,28H,2-7,12-16H2,1H3,(H,27,34)/t17-/m0/s1. The second-order valence-corrected chi connectivity index (χ2v) is 10.2. The van der Waals surface area contributed by atoms with Gasteiger partial charge in [0, 0.05) is 38.3 Å². The van der Waals surface area contributed by atoms with E-state index < -0.39 is 4.92 Å². The Labute approximate surface area is 220 Å². The molecule has 1 amide bonds. The highest BCUT2D eigenvalue weighted by Crippen LogP contribution is 2.31. The van der Waals surface area contributed by atoms with Crippen molar-refractivity contribution in [1.82, 2.24) is 20.6 Å². The first-order valence-electron chi connectivity index (χ1n) is 13.3. The van der Waals surface area contributed by atoms with Gasteiger partial charge in [-0.3, -0.25) is 14.9 Å². The molecule has 1 aromatic carbocycles. The summed E-state index contributed by atoms with van der Waals surface area (Å²) >= 11 is 0. The molecule has 38 heavy (non-hydrogen) atoms. The van der Waals surface area contributed by atoms with Crippen molar-refractivity contribution in [3.63, 3.8) is 0 Å². The van der Waals surface area contributed by atoms with Gasteiger partial charge in [0.2, 0.25) is 11.4 Å². The molecule has 2 N–H and O–H groups in total. The molecule has 1 saturated carbocycles. The van der Waals surface area contributed by atoms with E-state index in [0.717, 1.165) is 44.5 Å². The van der Waals surface area contributed by atoms with E-state index in [4.69, 9.17) is 9.37 Å². The van der Waals surface area contributed by atoms with Gasteiger partial charge in [-0.15, -0.1) is 0 Å². The maximum atomic E-state index is 13.1. The minimum Gasteiger partial charge on any atom is -0.477 e. The number of hydrogen-bond donors (Lipinski definition) is 2. The Morgan fingerprint density at radius 2 is 2.00 bits per heavy atom. The number of nitrogens with zero attached hydrogens (tertiary/aromatic N) is 5. The first-order valence-corrected chi connectivity index (χ1v) is 13.3. The van der Waals surface area contributed by atoms with Crippen LogP contribution in [0, 0.1) is 22.0 Å². The van der Waals surface area contributed by atoms with E-state index in [2.05, 4.69) is 37.8 Å². The van der Waals surface area contributed by atoms with Crippen molar-refractivity contribution in [2.45, 2.75) is 45.4 Å². The van der Waals surface area contributed by atoms with Crippen molar-refractivity contribution in [3.05, 3.63) is 40.1 Å². The number of carbonyl (C=O) groups is 1. The number of amides is 1. The van der Waals surface area contributed by atoms with Gasteiger partial charge in [-0.25, -0.2) is 9.61 Å². The summed E-state index contributed by atoms with van der Waals surface area (Å²) < 4.78 is 10.6. The van der Waals surface area contributed by atoms with Crippen LogP contribution in [0.2, 0.25) is 0 Å². The zero-order chi connectivity index (χ0) is 26.5. The number of nitrogens with one attached hydrogen (secondary N) is 2. The molecule has 12 nitrogen and oxygen atoms in total. The molecule has 5 rings (SSSR count). The Morgan fingerprint density at radius 3 is 2.76 bits per heavy atom. The quantitative estimate of drug-likeness (QED) is 0.190. The van der Waals surface area contributed by atoms with Crippen molar-refractivity contribution < 1.29 is 19.1 Å². The molecule has 1 saturated heterocycles. The Bertz CT molecular complexity index is 1290. The highest BCUT2D eigenvalue weighted by Gasteiger charge is 2.25. The number of benzene rings is 1. The fraction of sp³-hybridized carbons (Fsp3) is 0.538. The Morgan fingerprint density at radius 1 is 1.21 bits per heavy atom. The van der Waals surface area contributed by atoms with Gasteiger partial charge in [0.25, 0.3) is 5.91 Å². The Kier molecular flexibility index (Phi) is 7.85. The summed E-state index contributed by atoms with van der Waals surface area (Å²) in [5.41, 5.74) is 2.25. The molecule has 2 aliphatic rings. The topological polar surface area (TPSA) is 149 Å². The number of non-ortho nitro benzene ring substituents is 1. The van der Waals surface area contributed by atoms with E-state index in [1.54, 1.807) is 6.07 Å². The van der Waals surface area contributed by atoms with Crippen molar-refractivity contribution >= 4 is 34.0 Å². The molecule has 12 heteroatoms. The number of anilines is 2. The molecule has 1 aliphatic carbocycles. The predicted molar refractivity (Wildman–Crippen MR) is 142 cm³/mol. The van der Waals surface area contributed by atoms with E-state index in [9.17, 15) is 14.9 Å². The van der Waals surface area contributed by atoms with Crippen LogP contribution in [0.15, 0.2) is 28.9 Å². The number of nitro benzene ring substituents is 1. The molecule has 2 aromatic heterocycles. The van der Waals surface area contributed by atoms with Crippen LogP contribution in [0.5, 0.6) is 5.88 Å². The molecule has 202 valence electrons. The molecule has 3 heterocycles. The fourth-order valence-corrected chi connectivity index (χ4v) is 4.65. The van der Waals surface area contributed by atoms with Gasteiger partial charge in [-0.2, -0.15) is 0 Å². The first kappa shape index (κ1) is 25.7. The van der Waals surface area contributed by atoms with Crippen LogP contribution < -0.4 is 20.3 Å². The number of carbonyl (C=O) groups excluding carboxylic acids is 1. The van der Waals surface area contributed by atoms with E-state index in [0.29, 0.717) is 48.4 Å². The summed E-state index contributed by atoms with van der Waals surface area (Å²) in [6.45, 7) is 5.79. The lowest BCUT2D eigenvalue weighted by molar-refractivity contribution is -0.383. The number of fused-ring (bicyclic) bond motifs is 1. The number of nitro groups is 1. The first-order chi connectivity index (χ1) is 18.5. The fourth-order valence-electron chi connectivity index (χ4n) is 4.65. The highest BCUT2D eigenvalue weighted by atomic mass is 16.6. The summed E-state index contributed by atoms with van der Waals surface area (Å²) in [5.74, 6) is 1.23. The van der Waals surface area contributed by atoms with Crippen molar-refractivity contribution in [2.24, 2.45) is 11.8 Å². The number of ether oxygens (including phenoxy) is 1. The van der Waals surface area contributed by atoms with Crippen molar-refractivity contribution in [3.8, 4) is 5.88 Å². The van der Waals surface area contributed by atoms with Crippen LogP contribution in [0.3, 0.4) is 0 Å². The van der Waals surface area contributed by atoms with E-state index >= 15 is 0 Å². The Balaban J connectivity index is 1.12. The molecular formula is C26H33N7O5. The minimum atomic E-state index is -0.506. The smallest absolute Gasteiger partial charge is 0.300 e. The lowest BCUT2D eigenvalue weighted by atomic mass is 10.1. The normalized spacial score (nSPS) is 16.0. The van der Waals surface area contributed by atoms with Crippen molar-refractivity contribution in [1.29, 1.82) is 0 Å². The summed E-state index contributed by atoms with van der Waals surface area (Å²) in [6, 6.07) is 6.84. The second-order valence-electron chi connectivity index (χ2n) is 10.2. The molecule has 1 aliphatic heterocycles. The van der Waals surface area contributed by atoms with Gasteiger partial charge in [0.1, 0.15) is 0 Å². The molecule has 0 radical (unpaired) electrons. The number of hydrogen-bond acceptors (Lipinski definition) is 10. The molecule has 1 atom stereocenters. The molecule has 2 fully saturated rings. The van der Waals surface area contributed by atoms with Gasteiger partial charge < -0.3 is 20.3 Å². The number of aromatic nitrogens is 3. The van der Waals surface area contributed by atoms with Crippen LogP contribution in [-0.4, -0.2) is 58.9 Å². The van der Waals surface area contributed by atoms with E-state index in [1.807, 2.05) is 12.1 Å². The zero-order valence-electron chi connectivity index (χ0n) is 21.5. The predicted octanol–water partition coefficient (Wildman–Crippen LogP) is 4.17. The minimum absolute atomic E-state index is 0.124. The average Bonchev–Trinajstić information content (AvgIpc) is 3.35. The molecule has 0 bridgehead atoms. The zero-order valence-corrected chi connectivity index (χ0v) is 21.5. The Hall–Kier alpha value is -3.96. The third-order valence-electron chi connectivity index (χ3n) is 7.07. The highest BCUT2D eigenvalue weighted by molar-refractivity contribution is 5.98. The monoisotopic (exact) mass is 523 g/mol. The van der Waals surface area contributed by atoms with Gasteiger partial charge >= 0.3 is 5.69 Å². The summed E-state index contributed by atoms with van der Waals surface area (Å²) in [7, 11) is 0. The SMILES string of the molecule is C[C@@H](CCCNC(=O)c1nc(OCC2CC2)ccc1N1CCCC1)CNc1ccc([N+](=O)[O-])c2nonc12. The number of pyridine rings is 1. The number of rotatable bonds is 13. The van der Waals surface area contributed by atoms with Crippen LogP contribution in [0.4, 0.5) is 17.1 Å². The van der Waals surface area contributed by atoms with Crippen LogP contribution in [0.25, 0.3) is 11.0 Å². The van der Waals surface area contributed by atoms with Crippen LogP contribution in [0.1, 0.15) is 55.9 Å². The maximum absolute atomic E-state index is 13.1. The lowest BCUT2D eigenvalue weighted by Gasteiger charge is -2.21. The largest absolute Gasteiger partial charge is 0.477 e. The molecule has 0 spiro atoms. The third-order valence-corrected chi connectivity index (χ3v) is 7.07. The molecule has 0 unspecified atom stereocenters. The third kappa shape index (κ3) is 6.12. The lowest BCUT2D eigenvalue weighted by Crippen LogP contribution is -2.29. The average molecular weight is 524 g/mol. The van der Waals surface area contributed by atoms with Gasteiger partial charge in [0.05, 0.1) is 22.9 Å². The van der Waals surface area contributed by atoms with Crippen molar-refractivity contribution in [2.75, 3.05) is 43.0 Å². The van der Waals surface area contributed by atoms with Gasteiger partial charge in [-0.05, 0) is 72.8 Å². The van der Waals surface area contributed by atoms with Crippen LogP contribution in [-0.2, 0) is 0 Å². The van der Waals surface area contributed by atoms with Gasteiger partial charge in [-0.1, -0.05) is 6.92 Å². The summed E-state index contributed by atoms with van der Waals surface area (Å²) in [5, 5.41) is 25.0. The van der Waals surface area contributed by atoms with Crippen LogP contribution >= 0.6 is 0 Å². The molecule has 3 aromatic rings. The summed E-state index contributed by atoms with van der Waals surface area (Å²) in [4.78, 5) is 30.6.